The molecular formula is C20H24ClN5O2S. The van der Waals surface area contributed by atoms with E-state index in [1.54, 1.807) is 12.3 Å². The molecule has 1 unspecified atom stereocenters. The van der Waals surface area contributed by atoms with Gasteiger partial charge in [-0.25, -0.2) is 4.98 Å². The summed E-state index contributed by atoms with van der Waals surface area (Å²) in [6, 6.07) is 7.27. The van der Waals surface area contributed by atoms with Gasteiger partial charge in [-0.05, 0) is 31.0 Å². The molecule has 1 amide bonds. The van der Waals surface area contributed by atoms with Crippen LogP contribution >= 0.6 is 22.9 Å². The number of anilines is 1. The summed E-state index contributed by atoms with van der Waals surface area (Å²) in [5.41, 5.74) is 2.45. The van der Waals surface area contributed by atoms with Crippen molar-refractivity contribution in [3.63, 3.8) is 0 Å². The molecule has 0 saturated heterocycles. The van der Waals surface area contributed by atoms with Gasteiger partial charge >= 0.3 is 0 Å². The highest BCUT2D eigenvalue weighted by Gasteiger charge is 2.14. The Kier molecular flexibility index (Phi) is 6.76. The molecule has 0 aliphatic rings. The summed E-state index contributed by atoms with van der Waals surface area (Å²) in [6.45, 7) is 8.51. The molecule has 2 aromatic heterocycles. The van der Waals surface area contributed by atoms with E-state index in [1.165, 1.54) is 18.3 Å². The Bertz CT molecular complexity index is 985. The topological polar surface area (TPSA) is 91.9 Å². The molecule has 3 aromatic rings. The minimum absolute atomic E-state index is 0.0915. The Labute approximate surface area is 178 Å². The lowest BCUT2D eigenvalue weighted by Gasteiger charge is -2.11. The van der Waals surface area contributed by atoms with E-state index < -0.39 is 0 Å². The fourth-order valence-electron chi connectivity index (χ4n) is 2.61. The minimum Gasteiger partial charge on any atom is -0.431 e. The first-order valence-corrected chi connectivity index (χ1v) is 10.5. The normalized spacial score (nSPS) is 12.1. The maximum absolute atomic E-state index is 11.2. The zero-order chi connectivity index (χ0) is 21.0. The van der Waals surface area contributed by atoms with Crippen LogP contribution in [0.5, 0.6) is 10.9 Å². The number of hydrogen-bond donors (Lipinski definition) is 3. The predicted molar refractivity (Wildman–Crippen MR) is 117 cm³/mol. The summed E-state index contributed by atoms with van der Waals surface area (Å²) in [4.78, 5) is 16.4. The van der Waals surface area contributed by atoms with Gasteiger partial charge < -0.3 is 15.4 Å². The number of ether oxygens (including phenoxy) is 1. The summed E-state index contributed by atoms with van der Waals surface area (Å²) < 4.78 is 5.85. The highest BCUT2D eigenvalue weighted by molar-refractivity contribution is 7.16. The number of H-pyrrole nitrogens is 1. The molecule has 0 bridgehead atoms. The molecule has 0 spiro atoms. The van der Waals surface area contributed by atoms with E-state index in [0.717, 1.165) is 28.5 Å². The van der Waals surface area contributed by atoms with E-state index in [1.807, 2.05) is 25.1 Å². The summed E-state index contributed by atoms with van der Waals surface area (Å²) in [5, 5.41) is 14.5. The summed E-state index contributed by atoms with van der Waals surface area (Å²) in [5.74, 6) is 1.05. The van der Waals surface area contributed by atoms with Crippen molar-refractivity contribution in [1.29, 1.82) is 0 Å². The molecule has 0 saturated carbocycles. The second kappa shape index (κ2) is 9.28. The van der Waals surface area contributed by atoms with Crippen LogP contribution in [0.15, 0.2) is 30.5 Å². The van der Waals surface area contributed by atoms with Gasteiger partial charge in [-0.2, -0.15) is 5.10 Å². The van der Waals surface area contributed by atoms with Crippen LogP contribution in [-0.2, 0) is 4.79 Å². The first-order valence-electron chi connectivity index (χ1n) is 9.31. The molecule has 3 N–H and O–H groups in total. The number of carbonyl (C=O) groups is 1. The number of carbonyl (C=O) groups excluding carboxylic acids is 1. The number of aromatic nitrogens is 3. The Hall–Kier alpha value is -2.58. The lowest BCUT2D eigenvalue weighted by atomic mass is 10.2. The van der Waals surface area contributed by atoms with E-state index in [4.69, 9.17) is 16.3 Å². The third-order valence-electron chi connectivity index (χ3n) is 4.07. The lowest BCUT2D eigenvalue weighted by molar-refractivity contribution is -0.119. The molecule has 29 heavy (non-hydrogen) atoms. The fraction of sp³-hybridized carbons (Fsp3) is 0.350. The first-order chi connectivity index (χ1) is 13.8. The summed E-state index contributed by atoms with van der Waals surface area (Å²) in [7, 11) is 0. The second-order valence-electron chi connectivity index (χ2n) is 7.14. The molecular weight excluding hydrogens is 410 g/mol. The van der Waals surface area contributed by atoms with Crippen LogP contribution in [0, 0.1) is 5.92 Å². The van der Waals surface area contributed by atoms with Gasteiger partial charge in [0.1, 0.15) is 11.4 Å². The standard InChI is InChI=1S/C20H24ClN5O2S/c1-11(2)9-22-16-6-5-14(7-15(16)21)28-20-23-10-19(29-20)18-8-17(25-26-18)12(3)24-13(4)27/h5-8,10-12,22H,9H2,1-4H3,(H,24,27)(H,25,26). The highest BCUT2D eigenvalue weighted by atomic mass is 35.5. The fourth-order valence-corrected chi connectivity index (χ4v) is 3.59. The third kappa shape index (κ3) is 5.71. The van der Waals surface area contributed by atoms with E-state index in [2.05, 4.69) is 39.7 Å². The molecule has 1 atom stereocenters. The van der Waals surface area contributed by atoms with Crippen LogP contribution in [0.2, 0.25) is 5.02 Å². The molecule has 9 heteroatoms. The van der Waals surface area contributed by atoms with E-state index in [9.17, 15) is 4.79 Å². The van der Waals surface area contributed by atoms with Crippen molar-refractivity contribution in [1.82, 2.24) is 20.5 Å². The number of benzene rings is 1. The number of nitrogens with one attached hydrogen (secondary N) is 3. The number of aromatic amines is 1. The average Bonchev–Trinajstić information content (AvgIpc) is 3.29. The maximum atomic E-state index is 11.2. The van der Waals surface area contributed by atoms with Crippen molar-refractivity contribution >= 4 is 34.5 Å². The summed E-state index contributed by atoms with van der Waals surface area (Å²) >= 11 is 7.73. The molecule has 0 radical (unpaired) electrons. The molecule has 2 heterocycles. The number of hydrogen-bond acceptors (Lipinski definition) is 6. The SMILES string of the molecule is CC(=O)NC(C)c1cc(-c2cnc(Oc3ccc(NCC(C)C)c(Cl)c3)s2)n[nH]1. The third-order valence-corrected chi connectivity index (χ3v) is 5.28. The van der Waals surface area contributed by atoms with Crippen LogP contribution in [0.4, 0.5) is 5.69 Å². The van der Waals surface area contributed by atoms with Crippen LogP contribution in [0.25, 0.3) is 10.6 Å². The van der Waals surface area contributed by atoms with Gasteiger partial charge in [0, 0.05) is 19.5 Å². The van der Waals surface area contributed by atoms with Crippen LogP contribution < -0.4 is 15.4 Å². The number of nitrogens with zero attached hydrogens (tertiary/aromatic N) is 2. The van der Waals surface area contributed by atoms with E-state index >= 15 is 0 Å². The predicted octanol–water partition coefficient (Wildman–Crippen LogP) is 5.24. The zero-order valence-corrected chi connectivity index (χ0v) is 18.3. The van der Waals surface area contributed by atoms with Crippen LogP contribution in [0.1, 0.15) is 39.4 Å². The van der Waals surface area contributed by atoms with E-state index in [-0.39, 0.29) is 11.9 Å². The van der Waals surface area contributed by atoms with Crippen molar-refractivity contribution in [3.8, 4) is 21.5 Å². The molecule has 3 rings (SSSR count). The van der Waals surface area contributed by atoms with Crippen LogP contribution in [0.3, 0.4) is 0 Å². The quantitative estimate of drug-likeness (QED) is 0.451. The highest BCUT2D eigenvalue weighted by Crippen LogP contribution is 2.35. The van der Waals surface area contributed by atoms with Crippen LogP contribution in [-0.4, -0.2) is 27.6 Å². The molecule has 154 valence electrons. The number of rotatable bonds is 8. The van der Waals surface area contributed by atoms with Crippen molar-refractivity contribution in [2.75, 3.05) is 11.9 Å². The zero-order valence-electron chi connectivity index (χ0n) is 16.7. The maximum Gasteiger partial charge on any atom is 0.279 e. The van der Waals surface area contributed by atoms with Gasteiger partial charge in [0.15, 0.2) is 0 Å². The van der Waals surface area contributed by atoms with Gasteiger partial charge in [0.25, 0.3) is 5.19 Å². The van der Waals surface area contributed by atoms with E-state index in [0.29, 0.717) is 21.9 Å². The van der Waals surface area contributed by atoms with Crippen molar-refractivity contribution in [2.24, 2.45) is 5.92 Å². The largest absolute Gasteiger partial charge is 0.431 e. The Morgan fingerprint density at radius 3 is 2.79 bits per heavy atom. The number of thiazole rings is 1. The van der Waals surface area contributed by atoms with Gasteiger partial charge in [-0.15, -0.1) is 0 Å². The number of amides is 1. The summed E-state index contributed by atoms with van der Waals surface area (Å²) in [6.07, 6.45) is 1.71. The smallest absolute Gasteiger partial charge is 0.279 e. The number of halogens is 1. The molecule has 0 aliphatic heterocycles. The lowest BCUT2D eigenvalue weighted by Crippen LogP contribution is -2.23. The van der Waals surface area contributed by atoms with Crippen molar-refractivity contribution in [3.05, 3.63) is 41.2 Å². The van der Waals surface area contributed by atoms with Gasteiger partial charge in [0.2, 0.25) is 5.91 Å². The van der Waals surface area contributed by atoms with Gasteiger partial charge in [0.05, 0.1) is 33.5 Å². The van der Waals surface area contributed by atoms with Crippen molar-refractivity contribution < 1.29 is 9.53 Å². The first kappa shape index (κ1) is 21.1. The molecule has 0 fully saturated rings. The molecule has 0 aliphatic carbocycles. The van der Waals surface area contributed by atoms with Crippen molar-refractivity contribution in [2.45, 2.75) is 33.7 Å². The minimum atomic E-state index is -0.151. The Morgan fingerprint density at radius 2 is 2.10 bits per heavy atom. The van der Waals surface area contributed by atoms with Gasteiger partial charge in [-0.3, -0.25) is 9.89 Å². The van der Waals surface area contributed by atoms with Gasteiger partial charge in [-0.1, -0.05) is 36.8 Å². The molecule has 1 aromatic carbocycles. The average molecular weight is 434 g/mol. The second-order valence-corrected chi connectivity index (χ2v) is 8.54. The molecule has 7 nitrogen and oxygen atoms in total. The Balaban J connectivity index is 1.67. The Morgan fingerprint density at radius 1 is 1.31 bits per heavy atom. The monoisotopic (exact) mass is 433 g/mol.